The van der Waals surface area contributed by atoms with E-state index in [0.717, 1.165) is 10.5 Å². The molecular weight excluding hydrogens is 310 g/mol. The van der Waals surface area contributed by atoms with Crippen molar-refractivity contribution in [3.63, 3.8) is 0 Å². The van der Waals surface area contributed by atoms with Crippen LogP contribution in [0.1, 0.15) is 21.6 Å². The van der Waals surface area contributed by atoms with E-state index in [1.165, 1.54) is 28.5 Å². The van der Waals surface area contributed by atoms with Crippen molar-refractivity contribution in [3.8, 4) is 11.1 Å². The molecule has 0 bridgehead atoms. The van der Waals surface area contributed by atoms with Crippen LogP contribution in [0.3, 0.4) is 0 Å². The average molecular weight is 325 g/mol. The Balaban J connectivity index is 1.85. The van der Waals surface area contributed by atoms with Gasteiger partial charge in [-0.15, -0.1) is 10.2 Å². The number of rotatable bonds is 4. The lowest BCUT2D eigenvalue weighted by Gasteiger charge is -2.08. The molecule has 0 atom stereocenters. The number of nitrogens with zero attached hydrogens (tertiary/aromatic N) is 2. The molecule has 0 aliphatic carbocycles. The Morgan fingerprint density at radius 3 is 2.48 bits per heavy atom. The van der Waals surface area contributed by atoms with Crippen molar-refractivity contribution in [1.82, 2.24) is 15.4 Å². The summed E-state index contributed by atoms with van der Waals surface area (Å²) < 4.78 is 0. The van der Waals surface area contributed by atoms with Crippen molar-refractivity contribution in [1.29, 1.82) is 0 Å². The zero-order chi connectivity index (χ0) is 16.4. The maximum Gasteiger partial charge on any atom is 0.359 e. The SMILES string of the molecule is Cc1ccc(-c2ccc(Sc3n[nH]nc3C(=O)O)cc2)c(C)c1. The molecule has 0 saturated carbocycles. The lowest BCUT2D eigenvalue weighted by molar-refractivity contribution is 0.0686. The topological polar surface area (TPSA) is 78.9 Å². The van der Waals surface area contributed by atoms with Crippen LogP contribution >= 0.6 is 11.8 Å². The lowest BCUT2D eigenvalue weighted by Crippen LogP contribution is -1.98. The highest BCUT2D eigenvalue weighted by Gasteiger charge is 2.16. The number of nitrogens with one attached hydrogen (secondary N) is 1. The van der Waals surface area contributed by atoms with Crippen molar-refractivity contribution < 1.29 is 9.90 Å². The summed E-state index contributed by atoms with van der Waals surface area (Å²) in [5.41, 5.74) is 4.74. The van der Waals surface area contributed by atoms with Gasteiger partial charge in [-0.25, -0.2) is 4.79 Å². The maximum atomic E-state index is 11.0. The first-order valence-corrected chi connectivity index (χ1v) is 7.86. The molecule has 1 heterocycles. The van der Waals surface area contributed by atoms with Gasteiger partial charge in [-0.1, -0.05) is 47.7 Å². The lowest BCUT2D eigenvalue weighted by atomic mass is 9.99. The van der Waals surface area contributed by atoms with Gasteiger partial charge in [-0.3, -0.25) is 0 Å². The molecule has 0 fully saturated rings. The van der Waals surface area contributed by atoms with Gasteiger partial charge in [0, 0.05) is 4.90 Å². The molecule has 0 spiro atoms. The Morgan fingerprint density at radius 2 is 1.83 bits per heavy atom. The van der Waals surface area contributed by atoms with Crippen molar-refractivity contribution in [2.75, 3.05) is 0 Å². The fraction of sp³-hybridized carbons (Fsp3) is 0.118. The molecule has 0 aliphatic rings. The van der Waals surface area contributed by atoms with Gasteiger partial charge in [-0.05, 0) is 42.7 Å². The Hall–Kier alpha value is -2.60. The molecule has 0 saturated heterocycles. The maximum absolute atomic E-state index is 11.0. The number of hydrogen-bond donors (Lipinski definition) is 2. The van der Waals surface area contributed by atoms with E-state index in [4.69, 9.17) is 5.11 Å². The monoisotopic (exact) mass is 325 g/mol. The fourth-order valence-corrected chi connectivity index (χ4v) is 3.19. The standard InChI is InChI=1S/C17H15N3O2S/c1-10-3-8-14(11(2)9-10)12-4-6-13(7-5-12)23-16-15(17(21)22)18-20-19-16/h3-9H,1-2H3,(H,21,22)(H,18,19,20). The minimum atomic E-state index is -1.09. The quantitative estimate of drug-likeness (QED) is 0.759. The van der Waals surface area contributed by atoms with Crippen LogP contribution in [0.15, 0.2) is 52.4 Å². The van der Waals surface area contributed by atoms with Gasteiger partial charge in [0.1, 0.15) is 0 Å². The number of carboxylic acid groups (broad SMARTS) is 1. The van der Waals surface area contributed by atoms with Crippen LogP contribution in [0.4, 0.5) is 0 Å². The highest BCUT2D eigenvalue weighted by Crippen LogP contribution is 2.31. The van der Waals surface area contributed by atoms with E-state index in [-0.39, 0.29) is 5.69 Å². The van der Waals surface area contributed by atoms with Gasteiger partial charge in [0.25, 0.3) is 0 Å². The largest absolute Gasteiger partial charge is 0.476 e. The molecule has 0 aliphatic heterocycles. The van der Waals surface area contributed by atoms with E-state index in [1.54, 1.807) is 0 Å². The van der Waals surface area contributed by atoms with E-state index >= 15 is 0 Å². The molecule has 0 amide bonds. The Kier molecular flexibility index (Phi) is 4.16. The number of hydrogen-bond acceptors (Lipinski definition) is 4. The number of benzene rings is 2. The summed E-state index contributed by atoms with van der Waals surface area (Å²) in [5.74, 6) is -1.09. The summed E-state index contributed by atoms with van der Waals surface area (Å²) in [6.07, 6.45) is 0. The summed E-state index contributed by atoms with van der Waals surface area (Å²) in [4.78, 5) is 12.0. The van der Waals surface area contributed by atoms with Crippen LogP contribution in [0.25, 0.3) is 11.1 Å². The number of aryl methyl sites for hydroxylation is 2. The van der Waals surface area contributed by atoms with E-state index in [0.29, 0.717) is 5.03 Å². The van der Waals surface area contributed by atoms with E-state index in [2.05, 4.69) is 47.5 Å². The summed E-state index contributed by atoms with van der Waals surface area (Å²) >= 11 is 1.27. The second-order valence-corrected chi connectivity index (χ2v) is 6.29. The Labute approximate surface area is 137 Å². The first-order valence-electron chi connectivity index (χ1n) is 7.04. The number of carbonyl (C=O) groups is 1. The third kappa shape index (κ3) is 3.27. The van der Waals surface area contributed by atoms with Gasteiger partial charge >= 0.3 is 5.97 Å². The predicted octanol–water partition coefficient (Wildman–Crippen LogP) is 3.94. The minimum absolute atomic E-state index is 0.0616. The van der Waals surface area contributed by atoms with Crippen LogP contribution in [-0.2, 0) is 0 Å². The molecule has 23 heavy (non-hydrogen) atoms. The van der Waals surface area contributed by atoms with Crippen LogP contribution in [0.5, 0.6) is 0 Å². The summed E-state index contributed by atoms with van der Waals surface area (Å²) in [6, 6.07) is 14.3. The third-order valence-corrected chi connectivity index (χ3v) is 4.47. The van der Waals surface area contributed by atoms with Crippen LogP contribution in [0.2, 0.25) is 0 Å². The molecule has 0 unspecified atom stereocenters. The van der Waals surface area contributed by atoms with Crippen LogP contribution in [-0.4, -0.2) is 26.5 Å². The molecule has 3 rings (SSSR count). The molecule has 2 aromatic carbocycles. The molecule has 116 valence electrons. The van der Waals surface area contributed by atoms with Crippen LogP contribution in [0, 0.1) is 13.8 Å². The summed E-state index contributed by atoms with van der Waals surface area (Å²) in [6.45, 7) is 4.17. The predicted molar refractivity (Wildman–Crippen MR) is 88.8 cm³/mol. The first-order chi connectivity index (χ1) is 11.0. The van der Waals surface area contributed by atoms with Crippen molar-refractivity contribution in [3.05, 3.63) is 59.3 Å². The van der Waals surface area contributed by atoms with Crippen molar-refractivity contribution in [2.45, 2.75) is 23.8 Å². The number of aromatic amines is 1. The first kappa shape index (κ1) is 15.3. The minimum Gasteiger partial charge on any atom is -0.476 e. The average Bonchev–Trinajstić information content (AvgIpc) is 2.97. The molecular formula is C17H15N3O2S. The molecule has 2 N–H and O–H groups in total. The van der Waals surface area contributed by atoms with E-state index in [1.807, 2.05) is 24.3 Å². The zero-order valence-corrected chi connectivity index (χ0v) is 13.5. The smallest absolute Gasteiger partial charge is 0.359 e. The van der Waals surface area contributed by atoms with Gasteiger partial charge in [0.05, 0.1) is 0 Å². The molecule has 1 aromatic heterocycles. The molecule has 5 nitrogen and oxygen atoms in total. The fourth-order valence-electron chi connectivity index (χ4n) is 2.38. The molecule has 6 heteroatoms. The summed E-state index contributed by atoms with van der Waals surface area (Å²) in [7, 11) is 0. The zero-order valence-electron chi connectivity index (χ0n) is 12.7. The van der Waals surface area contributed by atoms with E-state index in [9.17, 15) is 4.79 Å². The van der Waals surface area contributed by atoms with Gasteiger partial charge < -0.3 is 5.11 Å². The normalized spacial score (nSPS) is 10.7. The van der Waals surface area contributed by atoms with Gasteiger partial charge in [-0.2, -0.15) is 5.21 Å². The third-order valence-electron chi connectivity index (χ3n) is 3.48. The highest BCUT2D eigenvalue weighted by atomic mass is 32.2. The second-order valence-electron chi connectivity index (χ2n) is 5.23. The van der Waals surface area contributed by atoms with E-state index < -0.39 is 5.97 Å². The number of aromatic carboxylic acids is 1. The highest BCUT2D eigenvalue weighted by molar-refractivity contribution is 7.99. The Bertz CT molecular complexity index is 857. The molecule has 3 aromatic rings. The van der Waals surface area contributed by atoms with Crippen LogP contribution < -0.4 is 0 Å². The van der Waals surface area contributed by atoms with Crippen molar-refractivity contribution >= 4 is 17.7 Å². The molecule has 0 radical (unpaired) electrons. The number of H-pyrrole nitrogens is 1. The van der Waals surface area contributed by atoms with Gasteiger partial charge in [0.15, 0.2) is 5.03 Å². The number of carboxylic acids is 1. The summed E-state index contributed by atoms with van der Waals surface area (Å²) in [5, 5.41) is 19.3. The number of aromatic nitrogens is 3. The van der Waals surface area contributed by atoms with Gasteiger partial charge in [0.2, 0.25) is 5.69 Å². The Morgan fingerprint density at radius 1 is 1.09 bits per heavy atom. The second kappa shape index (κ2) is 6.26. The van der Waals surface area contributed by atoms with Crippen molar-refractivity contribution in [2.24, 2.45) is 0 Å².